The van der Waals surface area contributed by atoms with Crippen molar-refractivity contribution < 1.29 is 4.74 Å². The number of hydrogen-bond acceptors (Lipinski definition) is 5. The van der Waals surface area contributed by atoms with Crippen LogP contribution in [-0.2, 0) is 13.1 Å². The van der Waals surface area contributed by atoms with E-state index in [1.807, 2.05) is 17.8 Å². The number of aromatic nitrogens is 3. The molecule has 26 heavy (non-hydrogen) atoms. The first-order chi connectivity index (χ1) is 12.8. The molecule has 1 aromatic carbocycles. The number of hydrogen-bond donors (Lipinski definition) is 0. The van der Waals surface area contributed by atoms with E-state index in [-0.39, 0.29) is 0 Å². The Bertz CT molecular complexity index is 830. The van der Waals surface area contributed by atoms with Gasteiger partial charge in [-0.25, -0.2) is 9.97 Å². The summed E-state index contributed by atoms with van der Waals surface area (Å²) in [5.41, 5.74) is 4.30. The van der Waals surface area contributed by atoms with Crippen molar-refractivity contribution in [2.24, 2.45) is 0 Å². The normalized spacial score (nSPS) is 18.1. The second-order valence-corrected chi connectivity index (χ2v) is 7.54. The van der Waals surface area contributed by atoms with Crippen LogP contribution in [0.3, 0.4) is 0 Å². The lowest BCUT2D eigenvalue weighted by atomic mass is 9.96. The van der Waals surface area contributed by atoms with E-state index in [2.05, 4.69) is 49.2 Å². The Morgan fingerprint density at radius 3 is 3.08 bits per heavy atom. The summed E-state index contributed by atoms with van der Waals surface area (Å²) in [6.45, 7) is 3.96. The fraction of sp³-hybridized carbons (Fsp3) is 0.400. The van der Waals surface area contributed by atoms with Crippen molar-refractivity contribution in [1.29, 1.82) is 0 Å². The average molecular weight is 369 g/mol. The van der Waals surface area contributed by atoms with Crippen LogP contribution in [0.2, 0.25) is 0 Å². The van der Waals surface area contributed by atoms with Gasteiger partial charge in [0, 0.05) is 36.8 Å². The van der Waals surface area contributed by atoms with Crippen molar-refractivity contribution in [3.63, 3.8) is 0 Å². The van der Waals surface area contributed by atoms with E-state index >= 15 is 0 Å². The lowest BCUT2D eigenvalue weighted by Crippen LogP contribution is -2.35. The van der Waals surface area contributed by atoms with Gasteiger partial charge in [-0.3, -0.25) is 4.90 Å². The number of likely N-dealkylation sites (tertiary alicyclic amines) is 1. The Hall–Kier alpha value is -2.18. The zero-order valence-electron chi connectivity index (χ0n) is 15.0. The lowest BCUT2D eigenvalue weighted by Gasteiger charge is -2.32. The third-order valence-electron chi connectivity index (χ3n) is 4.97. The lowest BCUT2D eigenvalue weighted by molar-refractivity contribution is 0.194. The van der Waals surface area contributed by atoms with E-state index in [0.29, 0.717) is 5.92 Å². The molecule has 1 aliphatic heterocycles. The fourth-order valence-electron chi connectivity index (χ4n) is 3.74. The number of piperidine rings is 1. The van der Waals surface area contributed by atoms with Crippen molar-refractivity contribution >= 4 is 11.3 Å². The van der Waals surface area contributed by atoms with Gasteiger partial charge in [0.2, 0.25) is 0 Å². The molecule has 1 atom stereocenters. The van der Waals surface area contributed by atoms with Crippen LogP contribution in [-0.4, -0.2) is 39.6 Å². The van der Waals surface area contributed by atoms with Gasteiger partial charge in [0.25, 0.3) is 0 Å². The molecule has 0 radical (unpaired) electrons. The molecule has 3 aromatic rings. The molecule has 3 heterocycles. The summed E-state index contributed by atoms with van der Waals surface area (Å²) in [6.07, 6.45) is 6.40. The van der Waals surface area contributed by atoms with Gasteiger partial charge in [-0.1, -0.05) is 12.1 Å². The summed E-state index contributed by atoms with van der Waals surface area (Å²) in [7, 11) is 1.72. The molecule has 1 fully saturated rings. The number of nitrogens with zero attached hydrogens (tertiary/aromatic N) is 4. The molecule has 0 N–H and O–H groups in total. The maximum atomic E-state index is 5.35. The van der Waals surface area contributed by atoms with Crippen LogP contribution in [0.1, 0.15) is 35.8 Å². The van der Waals surface area contributed by atoms with E-state index in [0.717, 1.165) is 37.6 Å². The predicted molar refractivity (Wildman–Crippen MR) is 104 cm³/mol. The van der Waals surface area contributed by atoms with Gasteiger partial charge in [0.15, 0.2) is 0 Å². The quantitative estimate of drug-likeness (QED) is 0.664. The molecule has 2 aromatic heterocycles. The van der Waals surface area contributed by atoms with E-state index in [9.17, 15) is 0 Å². The van der Waals surface area contributed by atoms with Gasteiger partial charge >= 0.3 is 0 Å². The summed E-state index contributed by atoms with van der Waals surface area (Å²) in [6, 6.07) is 8.37. The molecule has 0 amide bonds. The molecule has 0 aliphatic carbocycles. The first-order valence-electron chi connectivity index (χ1n) is 9.05. The molecule has 0 unspecified atom stereocenters. The van der Waals surface area contributed by atoms with Gasteiger partial charge in [-0.15, -0.1) is 11.3 Å². The van der Waals surface area contributed by atoms with Crippen molar-refractivity contribution in [1.82, 2.24) is 19.4 Å². The number of rotatable bonds is 6. The molecular formula is C20H24N4OS. The van der Waals surface area contributed by atoms with E-state index in [4.69, 9.17) is 4.74 Å². The van der Waals surface area contributed by atoms with Crippen LogP contribution in [0.25, 0.3) is 0 Å². The first-order valence-corrected chi connectivity index (χ1v) is 9.99. The van der Waals surface area contributed by atoms with E-state index < -0.39 is 0 Å². The summed E-state index contributed by atoms with van der Waals surface area (Å²) >= 11 is 1.64. The summed E-state index contributed by atoms with van der Waals surface area (Å²) in [5.74, 6) is 2.59. The Morgan fingerprint density at radius 2 is 2.23 bits per heavy atom. The summed E-state index contributed by atoms with van der Waals surface area (Å²) < 4.78 is 7.61. The molecular weight excluding hydrogens is 344 g/mol. The first kappa shape index (κ1) is 17.2. The van der Waals surface area contributed by atoms with E-state index in [1.165, 1.54) is 24.2 Å². The zero-order chi connectivity index (χ0) is 17.8. The van der Waals surface area contributed by atoms with Gasteiger partial charge < -0.3 is 9.30 Å². The molecule has 1 aliphatic rings. The van der Waals surface area contributed by atoms with Crippen LogP contribution in [0.15, 0.2) is 47.5 Å². The van der Waals surface area contributed by atoms with E-state index in [1.54, 1.807) is 18.4 Å². The highest BCUT2D eigenvalue weighted by Crippen LogP contribution is 2.27. The largest absolute Gasteiger partial charge is 0.497 e. The Morgan fingerprint density at radius 1 is 1.27 bits per heavy atom. The number of imidazole rings is 1. The second-order valence-electron chi connectivity index (χ2n) is 6.82. The topological polar surface area (TPSA) is 43.2 Å². The minimum absolute atomic E-state index is 0.475. The molecule has 1 saturated heterocycles. The Labute approximate surface area is 158 Å². The van der Waals surface area contributed by atoms with Crippen LogP contribution >= 0.6 is 11.3 Å². The smallest absolute Gasteiger partial charge is 0.119 e. The van der Waals surface area contributed by atoms with Gasteiger partial charge in [0.1, 0.15) is 11.6 Å². The third-order valence-corrected chi connectivity index (χ3v) is 5.61. The molecule has 0 saturated carbocycles. The zero-order valence-corrected chi connectivity index (χ0v) is 15.9. The van der Waals surface area contributed by atoms with Crippen molar-refractivity contribution in [3.8, 4) is 5.75 Å². The molecule has 0 spiro atoms. The molecule has 5 nitrogen and oxygen atoms in total. The number of ether oxygens (including phenoxy) is 1. The summed E-state index contributed by atoms with van der Waals surface area (Å²) in [5, 5.41) is 2.11. The fourth-order valence-corrected chi connectivity index (χ4v) is 4.29. The number of methoxy groups -OCH3 is 1. The monoisotopic (exact) mass is 368 g/mol. The Kier molecular flexibility index (Phi) is 5.32. The van der Waals surface area contributed by atoms with Gasteiger partial charge in [0.05, 0.1) is 24.9 Å². The number of benzene rings is 1. The molecule has 4 rings (SSSR count). The highest BCUT2D eigenvalue weighted by molar-refractivity contribution is 7.07. The highest BCUT2D eigenvalue weighted by atomic mass is 32.1. The van der Waals surface area contributed by atoms with Crippen molar-refractivity contribution in [2.75, 3.05) is 20.2 Å². The van der Waals surface area contributed by atoms with Crippen LogP contribution < -0.4 is 4.74 Å². The van der Waals surface area contributed by atoms with Crippen molar-refractivity contribution in [3.05, 3.63) is 64.6 Å². The SMILES string of the molecule is COc1cccc(CN2CCC[C@H](c3nccn3Cc3cscn3)C2)c1. The standard InChI is InChI=1S/C20H24N4OS/c1-25-19-6-2-4-16(10-19)11-23-8-3-5-17(12-23)20-21-7-9-24(20)13-18-14-26-15-22-18/h2,4,6-7,9-10,14-15,17H,3,5,8,11-13H2,1H3/t17-/m0/s1. The third kappa shape index (κ3) is 3.97. The maximum Gasteiger partial charge on any atom is 0.119 e. The number of thiazole rings is 1. The van der Waals surface area contributed by atoms with Gasteiger partial charge in [-0.2, -0.15) is 0 Å². The predicted octanol–water partition coefficient (Wildman–Crippen LogP) is 3.78. The maximum absolute atomic E-state index is 5.35. The minimum atomic E-state index is 0.475. The van der Waals surface area contributed by atoms with Crippen molar-refractivity contribution in [2.45, 2.75) is 31.8 Å². The van der Waals surface area contributed by atoms with Crippen LogP contribution in [0.4, 0.5) is 0 Å². The van der Waals surface area contributed by atoms with Crippen LogP contribution in [0, 0.1) is 0 Å². The van der Waals surface area contributed by atoms with Gasteiger partial charge in [-0.05, 0) is 37.1 Å². The highest BCUT2D eigenvalue weighted by Gasteiger charge is 2.25. The summed E-state index contributed by atoms with van der Waals surface area (Å²) in [4.78, 5) is 11.6. The Balaban J connectivity index is 1.44. The molecule has 0 bridgehead atoms. The minimum Gasteiger partial charge on any atom is -0.497 e. The average Bonchev–Trinajstić information content (AvgIpc) is 3.34. The molecule has 136 valence electrons. The second kappa shape index (κ2) is 8.01. The molecule has 6 heteroatoms. The van der Waals surface area contributed by atoms with Crippen LogP contribution in [0.5, 0.6) is 5.75 Å².